The number of aromatic carboxylic acids is 1. The van der Waals surface area contributed by atoms with Crippen molar-refractivity contribution in [2.75, 3.05) is 0 Å². The van der Waals surface area contributed by atoms with Crippen molar-refractivity contribution in [2.45, 2.75) is 6.18 Å². The third kappa shape index (κ3) is 2.59. The molecule has 1 aromatic heterocycles. The zero-order valence-corrected chi connectivity index (χ0v) is 9.77. The van der Waals surface area contributed by atoms with Crippen molar-refractivity contribution >= 4 is 5.97 Å². The van der Waals surface area contributed by atoms with Crippen molar-refractivity contribution in [2.24, 2.45) is 7.05 Å². The molecule has 0 spiro atoms. The predicted octanol–water partition coefficient (Wildman–Crippen LogP) is 2.80. The Balaban J connectivity index is 2.40. The first-order valence-corrected chi connectivity index (χ1v) is 5.23. The number of benzene rings is 1. The molecule has 0 unspecified atom stereocenters. The lowest BCUT2D eigenvalue weighted by atomic mass is 10.1. The summed E-state index contributed by atoms with van der Waals surface area (Å²) in [7, 11) is 1.58. The molecule has 0 bridgehead atoms. The van der Waals surface area contributed by atoms with Crippen LogP contribution in [-0.4, -0.2) is 20.6 Å². The van der Waals surface area contributed by atoms with Crippen LogP contribution in [0.25, 0.3) is 11.4 Å². The van der Waals surface area contributed by atoms with E-state index in [1.807, 2.05) is 0 Å². The van der Waals surface area contributed by atoms with Crippen LogP contribution in [0.4, 0.5) is 13.2 Å². The molecular formula is C12H9F3N2O2. The number of hydrogen-bond acceptors (Lipinski definition) is 2. The van der Waals surface area contributed by atoms with Crippen LogP contribution in [0.5, 0.6) is 0 Å². The van der Waals surface area contributed by atoms with Crippen LogP contribution in [0.3, 0.4) is 0 Å². The molecule has 0 aliphatic rings. The number of carboxylic acids is 1. The molecule has 1 heterocycles. The first-order valence-electron chi connectivity index (χ1n) is 5.23. The van der Waals surface area contributed by atoms with Crippen LogP contribution >= 0.6 is 0 Å². The molecule has 2 aromatic rings. The monoisotopic (exact) mass is 270 g/mol. The zero-order valence-electron chi connectivity index (χ0n) is 9.77. The number of imidazole rings is 1. The van der Waals surface area contributed by atoms with E-state index in [2.05, 4.69) is 4.98 Å². The standard InChI is InChI=1S/C12H9F3N2O2/c1-17-6-9(11(18)19)16-10(17)7-2-4-8(5-3-7)12(13,14)15/h2-6H,1H3,(H,18,19). The van der Waals surface area contributed by atoms with Gasteiger partial charge in [0.2, 0.25) is 0 Å². The summed E-state index contributed by atoms with van der Waals surface area (Å²) in [5.74, 6) is -0.889. The average molecular weight is 270 g/mol. The minimum absolute atomic E-state index is 0.155. The van der Waals surface area contributed by atoms with Crippen molar-refractivity contribution in [3.63, 3.8) is 0 Å². The van der Waals surface area contributed by atoms with Gasteiger partial charge in [0, 0.05) is 18.8 Å². The van der Waals surface area contributed by atoms with Crippen molar-refractivity contribution in [3.8, 4) is 11.4 Å². The van der Waals surface area contributed by atoms with Gasteiger partial charge in [0.25, 0.3) is 0 Å². The smallest absolute Gasteiger partial charge is 0.416 e. The Morgan fingerprint density at radius 1 is 1.26 bits per heavy atom. The molecule has 1 aromatic carbocycles. The molecule has 0 fully saturated rings. The van der Waals surface area contributed by atoms with Gasteiger partial charge in [-0.25, -0.2) is 9.78 Å². The Hall–Kier alpha value is -2.31. The van der Waals surface area contributed by atoms with E-state index in [1.54, 1.807) is 7.05 Å². The molecule has 0 saturated heterocycles. The second-order valence-electron chi connectivity index (χ2n) is 3.94. The maximum absolute atomic E-state index is 12.4. The average Bonchev–Trinajstić information content (AvgIpc) is 2.70. The molecule has 19 heavy (non-hydrogen) atoms. The van der Waals surface area contributed by atoms with Crippen molar-refractivity contribution in [1.29, 1.82) is 0 Å². The van der Waals surface area contributed by atoms with E-state index < -0.39 is 17.7 Å². The van der Waals surface area contributed by atoms with Crippen LogP contribution in [0.2, 0.25) is 0 Å². The minimum Gasteiger partial charge on any atom is -0.476 e. The van der Waals surface area contributed by atoms with Gasteiger partial charge in [-0.1, -0.05) is 12.1 Å². The first-order chi connectivity index (χ1) is 8.79. The van der Waals surface area contributed by atoms with Gasteiger partial charge in [-0.05, 0) is 12.1 Å². The van der Waals surface area contributed by atoms with Gasteiger partial charge < -0.3 is 9.67 Å². The van der Waals surface area contributed by atoms with Gasteiger partial charge in [0.1, 0.15) is 5.82 Å². The summed E-state index contributed by atoms with van der Waals surface area (Å²) in [6.45, 7) is 0. The highest BCUT2D eigenvalue weighted by molar-refractivity contribution is 5.86. The van der Waals surface area contributed by atoms with E-state index in [0.29, 0.717) is 11.4 Å². The quantitative estimate of drug-likeness (QED) is 0.912. The summed E-state index contributed by atoms with van der Waals surface area (Å²) in [5.41, 5.74) is -0.496. The van der Waals surface area contributed by atoms with Crippen LogP contribution in [0.1, 0.15) is 16.1 Å². The van der Waals surface area contributed by atoms with Gasteiger partial charge in [0.15, 0.2) is 5.69 Å². The molecule has 0 amide bonds. The number of hydrogen-bond donors (Lipinski definition) is 1. The third-order valence-electron chi connectivity index (χ3n) is 2.57. The molecule has 0 radical (unpaired) electrons. The van der Waals surface area contributed by atoms with E-state index in [-0.39, 0.29) is 5.69 Å². The Bertz CT molecular complexity index is 615. The second kappa shape index (κ2) is 4.42. The maximum Gasteiger partial charge on any atom is 0.416 e. The number of nitrogens with zero attached hydrogens (tertiary/aromatic N) is 2. The largest absolute Gasteiger partial charge is 0.476 e. The summed E-state index contributed by atoms with van der Waals surface area (Å²) in [6.07, 6.45) is -3.10. The number of carbonyl (C=O) groups is 1. The fourth-order valence-electron chi connectivity index (χ4n) is 1.65. The number of alkyl halides is 3. The van der Waals surface area contributed by atoms with Crippen LogP contribution < -0.4 is 0 Å². The lowest BCUT2D eigenvalue weighted by molar-refractivity contribution is -0.137. The van der Waals surface area contributed by atoms with E-state index in [0.717, 1.165) is 12.1 Å². The molecule has 1 N–H and O–H groups in total. The summed E-state index contributed by atoms with van der Waals surface area (Å²) in [4.78, 5) is 14.6. The number of rotatable bonds is 2. The second-order valence-corrected chi connectivity index (χ2v) is 3.94. The van der Waals surface area contributed by atoms with E-state index >= 15 is 0 Å². The molecule has 100 valence electrons. The van der Waals surface area contributed by atoms with Gasteiger partial charge >= 0.3 is 12.1 Å². The normalized spacial score (nSPS) is 11.6. The lowest BCUT2D eigenvalue weighted by Gasteiger charge is -2.07. The highest BCUT2D eigenvalue weighted by Gasteiger charge is 2.30. The van der Waals surface area contributed by atoms with Crippen molar-refractivity contribution < 1.29 is 23.1 Å². The molecular weight excluding hydrogens is 261 g/mol. The first kappa shape index (κ1) is 13.1. The van der Waals surface area contributed by atoms with Gasteiger partial charge in [0.05, 0.1) is 5.56 Å². The molecule has 2 rings (SSSR count). The molecule has 4 nitrogen and oxygen atoms in total. The van der Waals surface area contributed by atoms with Crippen LogP contribution in [0, 0.1) is 0 Å². The van der Waals surface area contributed by atoms with Gasteiger partial charge in [-0.15, -0.1) is 0 Å². The highest BCUT2D eigenvalue weighted by atomic mass is 19.4. The molecule has 0 saturated carbocycles. The Labute approximate surface area is 106 Å². The summed E-state index contributed by atoms with van der Waals surface area (Å²) >= 11 is 0. The van der Waals surface area contributed by atoms with Gasteiger partial charge in [-0.2, -0.15) is 13.2 Å². The zero-order chi connectivity index (χ0) is 14.2. The molecule has 0 atom stereocenters. The SMILES string of the molecule is Cn1cc(C(=O)O)nc1-c1ccc(C(F)(F)F)cc1. The number of aryl methyl sites for hydroxylation is 1. The lowest BCUT2D eigenvalue weighted by Crippen LogP contribution is -2.04. The number of carboxylic acid groups (broad SMARTS) is 1. The van der Waals surface area contributed by atoms with Crippen LogP contribution in [0.15, 0.2) is 30.5 Å². The van der Waals surface area contributed by atoms with Crippen molar-refractivity contribution in [1.82, 2.24) is 9.55 Å². The topological polar surface area (TPSA) is 55.1 Å². The fourth-order valence-corrected chi connectivity index (χ4v) is 1.65. The number of aromatic nitrogens is 2. The summed E-state index contributed by atoms with van der Waals surface area (Å²) < 4.78 is 38.7. The summed E-state index contributed by atoms with van der Waals surface area (Å²) in [6, 6.07) is 4.39. The molecule has 0 aliphatic carbocycles. The van der Waals surface area contributed by atoms with E-state index in [1.165, 1.54) is 22.9 Å². The predicted molar refractivity (Wildman–Crippen MR) is 60.6 cm³/mol. The fraction of sp³-hybridized carbons (Fsp3) is 0.167. The summed E-state index contributed by atoms with van der Waals surface area (Å²) in [5, 5.41) is 8.80. The van der Waals surface area contributed by atoms with E-state index in [4.69, 9.17) is 5.11 Å². The number of halogens is 3. The molecule has 7 heteroatoms. The minimum atomic E-state index is -4.40. The third-order valence-corrected chi connectivity index (χ3v) is 2.57. The Kier molecular flexibility index (Phi) is 3.05. The molecule has 0 aliphatic heterocycles. The highest BCUT2D eigenvalue weighted by Crippen LogP contribution is 2.30. The van der Waals surface area contributed by atoms with E-state index in [9.17, 15) is 18.0 Å². The van der Waals surface area contributed by atoms with Crippen molar-refractivity contribution in [3.05, 3.63) is 41.7 Å². The van der Waals surface area contributed by atoms with Gasteiger partial charge in [-0.3, -0.25) is 0 Å². The van der Waals surface area contributed by atoms with Crippen LogP contribution in [-0.2, 0) is 13.2 Å². The Morgan fingerprint density at radius 2 is 1.84 bits per heavy atom. The maximum atomic E-state index is 12.4. The Morgan fingerprint density at radius 3 is 2.26 bits per heavy atom.